The van der Waals surface area contributed by atoms with Crippen molar-refractivity contribution < 1.29 is 27.0 Å². The second kappa shape index (κ2) is 6.90. The monoisotopic (exact) mass is 408 g/mol. The number of rotatable bonds is 5. The fourth-order valence-corrected chi connectivity index (χ4v) is 2.24. The molecule has 0 fully saturated rings. The Morgan fingerprint density at radius 2 is 1.95 bits per heavy atom. The normalized spacial score (nSPS) is 13.4. The molecule has 8 heteroatoms. The minimum absolute atomic E-state index is 0.198. The van der Waals surface area contributed by atoms with Gasteiger partial charge in [-0.05, 0) is 22.0 Å². The summed E-state index contributed by atoms with van der Waals surface area (Å²) in [5.74, 6) is -0.283. The molecule has 0 heterocycles. The molecule has 0 aliphatic heterocycles. The van der Waals surface area contributed by atoms with Crippen LogP contribution < -0.4 is 4.74 Å². The van der Waals surface area contributed by atoms with E-state index in [2.05, 4.69) is 36.6 Å². The Bertz CT molecular complexity index is 437. The van der Waals surface area contributed by atoms with Gasteiger partial charge in [0, 0.05) is 11.6 Å². The molecule has 1 aromatic rings. The molecule has 0 aromatic heterocycles. The van der Waals surface area contributed by atoms with E-state index in [1.54, 1.807) is 0 Å². The molecule has 0 radical (unpaired) electrons. The molecule has 0 saturated carbocycles. The van der Waals surface area contributed by atoms with Gasteiger partial charge in [-0.2, -0.15) is 13.2 Å². The van der Waals surface area contributed by atoms with Crippen LogP contribution >= 0.6 is 31.9 Å². The van der Waals surface area contributed by atoms with Gasteiger partial charge < -0.3 is 9.47 Å². The predicted molar refractivity (Wildman–Crippen MR) is 69.2 cm³/mol. The van der Waals surface area contributed by atoms with Crippen LogP contribution in [-0.2, 0) is 4.74 Å². The quantitative estimate of drug-likeness (QED) is 0.522. The highest BCUT2D eigenvalue weighted by Gasteiger charge is 2.28. The zero-order valence-corrected chi connectivity index (χ0v) is 12.9. The summed E-state index contributed by atoms with van der Waals surface area (Å²) in [6.07, 6.45) is -4.37. The Kier molecular flexibility index (Phi) is 6.07. The third kappa shape index (κ3) is 5.27. The number of methoxy groups -OCH3 is 1. The highest BCUT2D eigenvalue weighted by Crippen LogP contribution is 2.35. The Labute approximate surface area is 124 Å². The van der Waals surface area contributed by atoms with Crippen molar-refractivity contribution in [3.63, 3.8) is 0 Å². The van der Waals surface area contributed by atoms with Crippen LogP contribution in [0.25, 0.3) is 0 Å². The van der Waals surface area contributed by atoms with Crippen molar-refractivity contribution in [3.05, 3.63) is 28.0 Å². The second-order valence-corrected chi connectivity index (χ2v) is 5.57. The maximum atomic E-state index is 13.3. The van der Waals surface area contributed by atoms with Crippen LogP contribution in [-0.4, -0.2) is 26.5 Å². The molecule has 0 saturated heterocycles. The molecular weight excluding hydrogens is 400 g/mol. The summed E-state index contributed by atoms with van der Waals surface area (Å²) in [5, 5.41) is 0. The van der Waals surface area contributed by atoms with Gasteiger partial charge in [-0.1, -0.05) is 15.9 Å². The second-order valence-electron chi connectivity index (χ2n) is 3.61. The van der Waals surface area contributed by atoms with Crippen LogP contribution in [0.1, 0.15) is 10.4 Å². The average molecular weight is 410 g/mol. The number of benzene rings is 1. The number of ether oxygens (including phenoxy) is 2. The van der Waals surface area contributed by atoms with Gasteiger partial charge in [-0.25, -0.2) is 4.39 Å². The van der Waals surface area contributed by atoms with Crippen LogP contribution in [0.5, 0.6) is 5.75 Å². The molecule has 1 aromatic carbocycles. The highest BCUT2D eigenvalue weighted by molar-refractivity contribution is 9.10. The van der Waals surface area contributed by atoms with Gasteiger partial charge in [0.05, 0.1) is 23.0 Å². The minimum Gasteiger partial charge on any atom is -0.496 e. The van der Waals surface area contributed by atoms with Crippen LogP contribution in [0.4, 0.5) is 17.6 Å². The maximum Gasteiger partial charge on any atom is 0.411 e. The fraction of sp³-hybridized carbons (Fsp3) is 0.455. The molecule has 0 aliphatic carbocycles. The first kappa shape index (κ1) is 16.7. The first-order chi connectivity index (χ1) is 8.74. The fourth-order valence-electron chi connectivity index (χ4n) is 1.33. The summed E-state index contributed by atoms with van der Waals surface area (Å²) < 4.78 is 58.9. The molecule has 1 atom stereocenters. The lowest BCUT2D eigenvalue weighted by molar-refractivity contribution is -0.173. The van der Waals surface area contributed by atoms with Crippen molar-refractivity contribution in [2.24, 2.45) is 0 Å². The molecule has 1 rings (SSSR count). The van der Waals surface area contributed by atoms with Crippen LogP contribution in [0.3, 0.4) is 0 Å². The number of hydrogen-bond donors (Lipinski definition) is 0. The van der Waals surface area contributed by atoms with E-state index < -0.39 is 23.4 Å². The lowest BCUT2D eigenvalue weighted by Crippen LogP contribution is -2.18. The first-order valence-corrected chi connectivity index (χ1v) is 6.77. The van der Waals surface area contributed by atoms with Gasteiger partial charge in [-0.15, -0.1) is 0 Å². The van der Waals surface area contributed by atoms with E-state index >= 15 is 0 Å². The summed E-state index contributed by atoms with van der Waals surface area (Å²) in [6.45, 7) is -1.55. The molecule has 108 valence electrons. The summed E-state index contributed by atoms with van der Waals surface area (Å²) in [5.41, 5.74) is 0.498. The van der Waals surface area contributed by atoms with E-state index in [9.17, 15) is 17.6 Å². The van der Waals surface area contributed by atoms with Crippen molar-refractivity contribution in [1.29, 1.82) is 0 Å². The van der Waals surface area contributed by atoms with E-state index in [0.717, 1.165) is 6.07 Å². The SMILES string of the molecule is COc1cc(F)c(Br)cc1C(Br)COCC(F)(F)F. The number of hydrogen-bond acceptors (Lipinski definition) is 2. The summed E-state index contributed by atoms with van der Waals surface area (Å²) in [6, 6.07) is 2.59. The van der Waals surface area contributed by atoms with Crippen molar-refractivity contribution in [2.75, 3.05) is 20.3 Å². The molecule has 0 N–H and O–H groups in total. The molecule has 0 bridgehead atoms. The highest BCUT2D eigenvalue weighted by atomic mass is 79.9. The standard InChI is InChI=1S/C11H10Br2F4O2/c1-18-10-3-9(14)7(12)2-6(10)8(13)4-19-5-11(15,16)17/h2-3,8H,4-5H2,1H3. The number of halogens is 6. The van der Waals surface area contributed by atoms with Gasteiger partial charge >= 0.3 is 6.18 Å². The lowest BCUT2D eigenvalue weighted by Gasteiger charge is -2.16. The Balaban J connectivity index is 2.76. The third-order valence-electron chi connectivity index (χ3n) is 2.14. The summed E-state index contributed by atoms with van der Waals surface area (Å²) in [7, 11) is 1.35. The molecule has 1 unspecified atom stereocenters. The topological polar surface area (TPSA) is 18.5 Å². The largest absolute Gasteiger partial charge is 0.496 e. The van der Waals surface area contributed by atoms with E-state index in [0.29, 0.717) is 5.56 Å². The third-order valence-corrected chi connectivity index (χ3v) is 3.51. The molecule has 2 nitrogen and oxygen atoms in total. The maximum absolute atomic E-state index is 13.3. The lowest BCUT2D eigenvalue weighted by atomic mass is 10.1. The van der Waals surface area contributed by atoms with Gasteiger partial charge in [0.2, 0.25) is 0 Å². The molecule has 19 heavy (non-hydrogen) atoms. The van der Waals surface area contributed by atoms with E-state index in [4.69, 9.17) is 4.74 Å². The molecule has 0 spiro atoms. The minimum atomic E-state index is -4.37. The van der Waals surface area contributed by atoms with Crippen molar-refractivity contribution in [3.8, 4) is 5.75 Å². The average Bonchev–Trinajstić information content (AvgIpc) is 2.30. The van der Waals surface area contributed by atoms with Crippen molar-refractivity contribution >= 4 is 31.9 Å². The van der Waals surface area contributed by atoms with Gasteiger partial charge in [0.15, 0.2) is 0 Å². The van der Waals surface area contributed by atoms with Crippen LogP contribution in [0.2, 0.25) is 0 Å². The Hall–Kier alpha value is -0.340. The van der Waals surface area contributed by atoms with Crippen LogP contribution in [0, 0.1) is 5.82 Å². The van der Waals surface area contributed by atoms with Gasteiger partial charge in [0.1, 0.15) is 18.2 Å². The predicted octanol–water partition coefficient (Wildman–Crippen LogP) is 4.61. The number of alkyl halides is 4. The van der Waals surface area contributed by atoms with Gasteiger partial charge in [-0.3, -0.25) is 0 Å². The molecule has 0 aliphatic rings. The van der Waals surface area contributed by atoms with Gasteiger partial charge in [0.25, 0.3) is 0 Å². The smallest absolute Gasteiger partial charge is 0.411 e. The summed E-state index contributed by atoms with van der Waals surface area (Å²) in [4.78, 5) is -0.540. The summed E-state index contributed by atoms with van der Waals surface area (Å²) >= 11 is 6.19. The Morgan fingerprint density at radius 1 is 1.32 bits per heavy atom. The van der Waals surface area contributed by atoms with E-state index in [1.165, 1.54) is 13.2 Å². The van der Waals surface area contributed by atoms with Crippen LogP contribution in [0.15, 0.2) is 16.6 Å². The Morgan fingerprint density at radius 3 is 2.47 bits per heavy atom. The van der Waals surface area contributed by atoms with E-state index in [-0.39, 0.29) is 16.8 Å². The zero-order chi connectivity index (χ0) is 14.6. The zero-order valence-electron chi connectivity index (χ0n) is 9.73. The van der Waals surface area contributed by atoms with E-state index in [1.807, 2.05) is 0 Å². The molecule has 0 amide bonds. The van der Waals surface area contributed by atoms with Crippen molar-refractivity contribution in [1.82, 2.24) is 0 Å². The van der Waals surface area contributed by atoms with Crippen molar-refractivity contribution in [2.45, 2.75) is 11.0 Å². The molecular formula is C11H10Br2F4O2. The first-order valence-electron chi connectivity index (χ1n) is 5.06.